The number of hydrogen-bond donors (Lipinski definition) is 2. The number of rotatable bonds is 5. The number of piperidine rings is 1. The molecule has 0 bridgehead atoms. The van der Waals surface area contributed by atoms with E-state index < -0.39 is 16.1 Å². The molecule has 132 valence electrons. The Hall–Kier alpha value is -2.11. The van der Waals surface area contributed by atoms with E-state index in [4.69, 9.17) is 10.9 Å². The molecule has 2 amide bonds. The van der Waals surface area contributed by atoms with Crippen molar-refractivity contribution in [1.29, 1.82) is 0 Å². The first-order valence-electron chi connectivity index (χ1n) is 7.39. The average Bonchev–Trinajstić information content (AvgIpc) is 2.99. The van der Waals surface area contributed by atoms with E-state index in [2.05, 4.69) is 5.18 Å². The van der Waals surface area contributed by atoms with Gasteiger partial charge in [0.15, 0.2) is 0 Å². The molecule has 24 heavy (non-hydrogen) atoms. The summed E-state index contributed by atoms with van der Waals surface area (Å²) >= 11 is 0. The third kappa shape index (κ3) is 3.68. The highest BCUT2D eigenvalue weighted by atomic mass is 32.2. The van der Waals surface area contributed by atoms with Gasteiger partial charge in [0.1, 0.15) is 5.69 Å². The number of nitroso groups, excluding NO2 is 1. The van der Waals surface area contributed by atoms with E-state index in [1.165, 1.54) is 6.07 Å². The van der Waals surface area contributed by atoms with Gasteiger partial charge in [-0.3, -0.25) is 9.59 Å². The summed E-state index contributed by atoms with van der Waals surface area (Å²) < 4.78 is 23.7. The van der Waals surface area contributed by atoms with Crippen LogP contribution in [0.4, 0.5) is 0 Å². The van der Waals surface area contributed by atoms with Gasteiger partial charge >= 0.3 is 16.1 Å². The van der Waals surface area contributed by atoms with Crippen LogP contribution >= 0.6 is 0 Å². The molecule has 2 heterocycles. The zero-order valence-corrected chi connectivity index (χ0v) is 13.7. The van der Waals surface area contributed by atoms with Crippen molar-refractivity contribution in [2.75, 3.05) is 19.6 Å². The maximum atomic E-state index is 11.8. The standard InChI is InChI=1S/C13H19N5O5S/c14-5-1-11(19)17-6-2-9(3-7-17)10-4-8-18(24(15,22)23)12(10)13(20)16-21/h4,8-9H,1-3,5-7,14H2,(H2,15,22,23). The predicted octanol–water partition coefficient (Wildman–Crippen LogP) is -0.499. The van der Waals surface area contributed by atoms with E-state index in [0.29, 0.717) is 35.5 Å². The Labute approximate surface area is 138 Å². The maximum absolute atomic E-state index is 11.8. The van der Waals surface area contributed by atoms with Crippen LogP contribution in [-0.2, 0) is 15.0 Å². The van der Waals surface area contributed by atoms with Crippen molar-refractivity contribution in [2.24, 2.45) is 16.0 Å². The van der Waals surface area contributed by atoms with Gasteiger partial charge in [0.25, 0.3) is 0 Å². The van der Waals surface area contributed by atoms with Crippen LogP contribution in [0.1, 0.15) is 41.2 Å². The first-order chi connectivity index (χ1) is 11.3. The van der Waals surface area contributed by atoms with Gasteiger partial charge in [0.2, 0.25) is 5.91 Å². The summed E-state index contributed by atoms with van der Waals surface area (Å²) in [5.74, 6) is -1.40. The molecule has 0 saturated carbocycles. The third-order valence-electron chi connectivity index (χ3n) is 4.09. The lowest BCUT2D eigenvalue weighted by molar-refractivity contribution is -0.132. The van der Waals surface area contributed by atoms with E-state index in [-0.39, 0.29) is 30.5 Å². The number of nitrogens with zero attached hydrogens (tertiary/aromatic N) is 3. The lowest BCUT2D eigenvalue weighted by atomic mass is 9.89. The SMILES string of the molecule is NCCC(=O)N1CCC(c2ccn(S(N)(=O)=O)c2C(=O)N=O)CC1. The summed E-state index contributed by atoms with van der Waals surface area (Å²) in [6, 6.07) is 1.45. The fourth-order valence-corrected chi connectivity index (χ4v) is 3.62. The summed E-state index contributed by atoms with van der Waals surface area (Å²) in [5.41, 5.74) is 5.44. The summed E-state index contributed by atoms with van der Waals surface area (Å²) in [5, 5.41) is 7.38. The summed E-state index contributed by atoms with van der Waals surface area (Å²) in [4.78, 5) is 35.9. The largest absolute Gasteiger partial charge is 0.343 e. The number of hydrogen-bond acceptors (Lipinski definition) is 6. The number of nitrogens with two attached hydrogens (primary N) is 2. The van der Waals surface area contributed by atoms with Crippen LogP contribution in [-0.4, -0.2) is 48.7 Å². The van der Waals surface area contributed by atoms with Crippen molar-refractivity contribution >= 4 is 22.0 Å². The minimum absolute atomic E-state index is 0.0380. The van der Waals surface area contributed by atoms with E-state index in [0.717, 1.165) is 6.20 Å². The smallest absolute Gasteiger partial charge is 0.334 e. The highest BCUT2D eigenvalue weighted by Crippen LogP contribution is 2.32. The Morgan fingerprint density at radius 2 is 1.92 bits per heavy atom. The van der Waals surface area contributed by atoms with Gasteiger partial charge < -0.3 is 10.6 Å². The lowest BCUT2D eigenvalue weighted by Gasteiger charge is -2.32. The zero-order chi connectivity index (χ0) is 17.9. The molecule has 1 aromatic heterocycles. The molecule has 0 aromatic carbocycles. The predicted molar refractivity (Wildman–Crippen MR) is 85.3 cm³/mol. The maximum Gasteiger partial charge on any atom is 0.334 e. The van der Waals surface area contributed by atoms with Crippen LogP contribution in [0.5, 0.6) is 0 Å². The second kappa shape index (κ2) is 7.20. The molecule has 1 saturated heterocycles. The van der Waals surface area contributed by atoms with Gasteiger partial charge in [-0.15, -0.1) is 4.91 Å². The van der Waals surface area contributed by atoms with Crippen molar-refractivity contribution in [1.82, 2.24) is 8.87 Å². The van der Waals surface area contributed by atoms with Gasteiger partial charge in [-0.25, -0.2) is 9.11 Å². The quantitative estimate of drug-likeness (QED) is 0.676. The topological polar surface area (TPSA) is 158 Å². The molecule has 1 fully saturated rings. The molecule has 0 aliphatic carbocycles. The normalized spacial score (nSPS) is 16.2. The second-order valence-electron chi connectivity index (χ2n) is 5.55. The van der Waals surface area contributed by atoms with Crippen LogP contribution in [0.2, 0.25) is 0 Å². The summed E-state index contributed by atoms with van der Waals surface area (Å²) in [6.45, 7) is 1.21. The van der Waals surface area contributed by atoms with E-state index in [1.54, 1.807) is 4.90 Å². The monoisotopic (exact) mass is 357 g/mol. The molecule has 0 atom stereocenters. The Morgan fingerprint density at radius 1 is 1.29 bits per heavy atom. The Kier molecular flexibility index (Phi) is 5.47. The van der Waals surface area contributed by atoms with Crippen molar-refractivity contribution in [3.05, 3.63) is 28.4 Å². The molecule has 2 rings (SSSR count). The van der Waals surface area contributed by atoms with Crippen LogP contribution in [0, 0.1) is 4.91 Å². The van der Waals surface area contributed by atoms with Crippen molar-refractivity contribution in [3.8, 4) is 0 Å². The third-order valence-corrected chi connectivity index (χ3v) is 4.94. The molecule has 1 aliphatic heterocycles. The van der Waals surface area contributed by atoms with Gasteiger partial charge in [0.05, 0.1) is 0 Å². The molecule has 1 aliphatic rings. The Balaban J connectivity index is 2.25. The fourth-order valence-electron chi connectivity index (χ4n) is 2.95. The van der Waals surface area contributed by atoms with Crippen LogP contribution in [0.15, 0.2) is 17.4 Å². The van der Waals surface area contributed by atoms with Crippen molar-refractivity contribution < 1.29 is 18.0 Å². The van der Waals surface area contributed by atoms with E-state index >= 15 is 0 Å². The molecular formula is C13H19N5O5S. The second-order valence-corrected chi connectivity index (χ2v) is 6.97. The molecule has 11 heteroatoms. The fraction of sp³-hybridized carbons (Fsp3) is 0.538. The molecular weight excluding hydrogens is 338 g/mol. The Bertz CT molecular complexity index is 749. The van der Waals surface area contributed by atoms with Crippen molar-refractivity contribution in [3.63, 3.8) is 0 Å². The van der Waals surface area contributed by atoms with E-state index in [1.807, 2.05) is 0 Å². The summed E-state index contributed by atoms with van der Waals surface area (Å²) in [7, 11) is -4.22. The first-order valence-corrected chi connectivity index (χ1v) is 8.90. The summed E-state index contributed by atoms with van der Waals surface area (Å²) in [6.07, 6.45) is 2.47. The number of aromatic nitrogens is 1. The minimum atomic E-state index is -4.22. The number of carbonyl (C=O) groups is 2. The molecule has 1 aromatic rings. The van der Waals surface area contributed by atoms with Gasteiger partial charge in [0, 0.05) is 37.4 Å². The number of likely N-dealkylation sites (tertiary alicyclic amines) is 1. The van der Waals surface area contributed by atoms with Crippen LogP contribution in [0.25, 0.3) is 0 Å². The number of carbonyl (C=O) groups excluding carboxylic acids is 2. The van der Waals surface area contributed by atoms with Gasteiger partial charge in [-0.1, -0.05) is 0 Å². The van der Waals surface area contributed by atoms with E-state index in [9.17, 15) is 22.9 Å². The zero-order valence-electron chi connectivity index (χ0n) is 12.9. The minimum Gasteiger partial charge on any atom is -0.343 e. The highest BCUT2D eigenvalue weighted by molar-refractivity contribution is 7.87. The molecule has 4 N–H and O–H groups in total. The first kappa shape index (κ1) is 18.2. The van der Waals surface area contributed by atoms with Crippen LogP contribution in [0.3, 0.4) is 0 Å². The van der Waals surface area contributed by atoms with Gasteiger partial charge in [-0.2, -0.15) is 8.42 Å². The Morgan fingerprint density at radius 3 is 2.42 bits per heavy atom. The molecule has 0 unspecified atom stereocenters. The average molecular weight is 357 g/mol. The van der Waals surface area contributed by atoms with Crippen molar-refractivity contribution in [2.45, 2.75) is 25.2 Å². The highest BCUT2D eigenvalue weighted by Gasteiger charge is 2.30. The number of amides is 2. The lowest BCUT2D eigenvalue weighted by Crippen LogP contribution is -2.38. The molecule has 0 spiro atoms. The molecule has 0 radical (unpaired) electrons. The van der Waals surface area contributed by atoms with Crippen LogP contribution < -0.4 is 10.9 Å². The molecule has 10 nitrogen and oxygen atoms in total. The van der Waals surface area contributed by atoms with Gasteiger partial charge in [-0.05, 0) is 30.4 Å².